The molecule has 30 heavy (non-hydrogen) atoms. The normalized spacial score (nSPS) is 39.1. The van der Waals surface area contributed by atoms with Crippen molar-refractivity contribution in [3.05, 3.63) is 18.2 Å². The molecule has 2 fully saturated rings. The lowest BCUT2D eigenvalue weighted by Gasteiger charge is -2.40. The minimum atomic E-state index is -1.88. The van der Waals surface area contributed by atoms with Crippen molar-refractivity contribution < 1.29 is 59.4 Å². The van der Waals surface area contributed by atoms with E-state index in [4.69, 9.17) is 28.8 Å². The summed E-state index contributed by atoms with van der Waals surface area (Å²) >= 11 is 0. The smallest absolute Gasteiger partial charge is 0.229 e. The standard InChI is InChI=1S/C18H26O12/c1-26-10-4-8(2-3-9(10)20)29-16-14(23)13(22)12(21)11(30-16)5-27-17-15(24)18(25,6-19)7-28-17/h2-4,11-17,19-25H,5-7H2,1H3/t11-,12-,13+,14-,15+,16-,17-,18+/m1/s1. The monoisotopic (exact) mass is 434 g/mol. The zero-order valence-electron chi connectivity index (χ0n) is 16.1. The third-order valence-corrected chi connectivity index (χ3v) is 5.08. The highest BCUT2D eigenvalue weighted by molar-refractivity contribution is 5.44. The third kappa shape index (κ3) is 4.46. The van der Waals surface area contributed by atoms with Crippen LogP contribution in [0.5, 0.6) is 17.2 Å². The van der Waals surface area contributed by atoms with E-state index in [9.17, 15) is 30.6 Å². The van der Waals surface area contributed by atoms with Crippen LogP contribution in [-0.4, -0.2) is 111 Å². The molecule has 1 aromatic carbocycles. The number of methoxy groups -OCH3 is 1. The Kier molecular flexibility index (Phi) is 7.02. The lowest BCUT2D eigenvalue weighted by atomic mass is 9.99. The lowest BCUT2D eigenvalue weighted by molar-refractivity contribution is -0.289. The van der Waals surface area contributed by atoms with E-state index in [0.29, 0.717) is 0 Å². The molecule has 0 aliphatic carbocycles. The Morgan fingerprint density at radius 2 is 1.83 bits per heavy atom. The molecule has 170 valence electrons. The first-order valence-corrected chi connectivity index (χ1v) is 9.18. The fourth-order valence-corrected chi connectivity index (χ4v) is 3.14. The van der Waals surface area contributed by atoms with E-state index < -0.39 is 61.9 Å². The van der Waals surface area contributed by atoms with Crippen LogP contribution in [0.15, 0.2) is 18.2 Å². The number of rotatable bonds is 7. The molecule has 8 atom stereocenters. The van der Waals surface area contributed by atoms with E-state index in [1.54, 1.807) is 0 Å². The molecule has 12 nitrogen and oxygen atoms in total. The first-order chi connectivity index (χ1) is 14.2. The van der Waals surface area contributed by atoms with Crippen LogP contribution >= 0.6 is 0 Å². The maximum atomic E-state index is 10.2. The van der Waals surface area contributed by atoms with Crippen molar-refractivity contribution in [3.63, 3.8) is 0 Å². The van der Waals surface area contributed by atoms with Crippen LogP contribution in [-0.2, 0) is 14.2 Å². The van der Waals surface area contributed by atoms with Gasteiger partial charge in [0.2, 0.25) is 6.29 Å². The van der Waals surface area contributed by atoms with Crippen LogP contribution in [0.4, 0.5) is 0 Å². The van der Waals surface area contributed by atoms with Gasteiger partial charge in [0.15, 0.2) is 17.8 Å². The Morgan fingerprint density at radius 1 is 1.10 bits per heavy atom. The van der Waals surface area contributed by atoms with Crippen molar-refractivity contribution in [2.24, 2.45) is 0 Å². The van der Waals surface area contributed by atoms with E-state index in [1.807, 2.05) is 0 Å². The van der Waals surface area contributed by atoms with Crippen LogP contribution < -0.4 is 9.47 Å². The molecule has 0 aromatic heterocycles. The highest BCUT2D eigenvalue weighted by Crippen LogP contribution is 2.32. The lowest BCUT2D eigenvalue weighted by Crippen LogP contribution is -2.60. The number of phenolic OH excluding ortho intramolecular Hbond substituents is 1. The van der Waals surface area contributed by atoms with Gasteiger partial charge in [-0.15, -0.1) is 0 Å². The van der Waals surface area contributed by atoms with E-state index in [1.165, 1.54) is 25.3 Å². The van der Waals surface area contributed by atoms with Gasteiger partial charge < -0.3 is 59.4 Å². The van der Waals surface area contributed by atoms with E-state index in [-0.39, 0.29) is 23.9 Å². The van der Waals surface area contributed by atoms with E-state index >= 15 is 0 Å². The third-order valence-electron chi connectivity index (χ3n) is 5.08. The summed E-state index contributed by atoms with van der Waals surface area (Å²) in [6, 6.07) is 4.03. The Hall–Kier alpha value is -1.74. The summed E-state index contributed by atoms with van der Waals surface area (Å²) in [6.45, 7) is -1.50. The Bertz CT molecular complexity index is 716. The largest absolute Gasteiger partial charge is 0.504 e. The fraction of sp³-hybridized carbons (Fsp3) is 0.667. The molecule has 0 radical (unpaired) electrons. The van der Waals surface area contributed by atoms with Gasteiger partial charge in [-0.2, -0.15) is 0 Å². The molecule has 0 unspecified atom stereocenters. The van der Waals surface area contributed by atoms with Crippen LogP contribution in [0.3, 0.4) is 0 Å². The van der Waals surface area contributed by atoms with Gasteiger partial charge in [0, 0.05) is 6.07 Å². The number of aliphatic hydroxyl groups excluding tert-OH is 5. The SMILES string of the molecule is COc1cc(O[C@@H]2O[C@H](CO[C@@H]3OC[C@@](O)(CO)[C@H]3O)[C@@H](O)[C@H](O)[C@H]2O)ccc1O. The Balaban J connectivity index is 1.65. The zero-order chi connectivity index (χ0) is 22.1. The average Bonchev–Trinajstić information content (AvgIpc) is 3.03. The van der Waals surface area contributed by atoms with Crippen LogP contribution in [0.25, 0.3) is 0 Å². The second-order valence-corrected chi connectivity index (χ2v) is 7.19. The molecule has 1 aromatic rings. The van der Waals surface area contributed by atoms with Gasteiger partial charge in [-0.3, -0.25) is 0 Å². The molecule has 0 spiro atoms. The molecule has 3 rings (SSSR count). The molecule has 0 amide bonds. The quantitative estimate of drug-likeness (QED) is 0.231. The second kappa shape index (κ2) is 9.18. The van der Waals surface area contributed by atoms with Crippen molar-refractivity contribution in [1.29, 1.82) is 0 Å². The molecule has 2 saturated heterocycles. The number of benzene rings is 1. The summed E-state index contributed by atoms with van der Waals surface area (Å²) in [4.78, 5) is 0. The molecular formula is C18H26O12. The summed E-state index contributed by atoms with van der Waals surface area (Å²) in [5.41, 5.74) is -1.88. The van der Waals surface area contributed by atoms with Crippen LogP contribution in [0.1, 0.15) is 0 Å². The maximum absolute atomic E-state index is 10.2. The molecule has 7 N–H and O–H groups in total. The van der Waals surface area contributed by atoms with Crippen LogP contribution in [0, 0.1) is 0 Å². The molecule has 2 heterocycles. The minimum absolute atomic E-state index is 0.113. The molecular weight excluding hydrogens is 408 g/mol. The van der Waals surface area contributed by atoms with Crippen molar-refractivity contribution >= 4 is 0 Å². The topological polar surface area (TPSA) is 188 Å². The number of aliphatic hydroxyl groups is 6. The van der Waals surface area contributed by atoms with Crippen molar-refractivity contribution in [2.45, 2.75) is 48.7 Å². The highest BCUT2D eigenvalue weighted by Gasteiger charge is 2.50. The van der Waals surface area contributed by atoms with Gasteiger partial charge in [0.1, 0.15) is 41.9 Å². The summed E-state index contributed by atoms with van der Waals surface area (Å²) in [6.07, 6.45) is -10.2. The summed E-state index contributed by atoms with van der Waals surface area (Å²) in [5.74, 6) is 0.135. The zero-order valence-corrected chi connectivity index (χ0v) is 16.1. The Morgan fingerprint density at radius 3 is 2.47 bits per heavy atom. The highest BCUT2D eigenvalue weighted by atomic mass is 16.7. The number of aromatic hydroxyl groups is 1. The number of hydrogen-bond acceptors (Lipinski definition) is 12. The molecule has 12 heteroatoms. The predicted octanol–water partition coefficient (Wildman–Crippen LogP) is -2.96. The van der Waals surface area contributed by atoms with Gasteiger partial charge in [0.05, 0.1) is 26.9 Å². The predicted molar refractivity (Wildman–Crippen MR) is 95.7 cm³/mol. The summed E-state index contributed by atoms with van der Waals surface area (Å²) < 4.78 is 26.4. The number of ether oxygens (including phenoxy) is 5. The summed E-state index contributed by atoms with van der Waals surface area (Å²) in [5, 5.41) is 69.3. The van der Waals surface area contributed by atoms with Gasteiger partial charge in [-0.05, 0) is 12.1 Å². The first-order valence-electron chi connectivity index (χ1n) is 9.18. The molecule has 0 saturated carbocycles. The second-order valence-electron chi connectivity index (χ2n) is 7.19. The van der Waals surface area contributed by atoms with Gasteiger partial charge in [0.25, 0.3) is 0 Å². The van der Waals surface area contributed by atoms with Gasteiger partial charge in [-0.1, -0.05) is 0 Å². The minimum Gasteiger partial charge on any atom is -0.504 e. The van der Waals surface area contributed by atoms with Crippen molar-refractivity contribution in [2.75, 3.05) is 26.9 Å². The van der Waals surface area contributed by atoms with Gasteiger partial charge >= 0.3 is 0 Å². The van der Waals surface area contributed by atoms with E-state index in [2.05, 4.69) is 0 Å². The van der Waals surface area contributed by atoms with E-state index in [0.717, 1.165) is 0 Å². The molecule has 0 bridgehead atoms. The molecule has 2 aliphatic heterocycles. The average molecular weight is 434 g/mol. The number of hydrogen-bond donors (Lipinski definition) is 7. The Labute approximate surface area is 171 Å². The van der Waals surface area contributed by atoms with Gasteiger partial charge in [-0.25, -0.2) is 0 Å². The first kappa shape index (κ1) is 22.9. The molecule has 2 aliphatic rings. The number of phenols is 1. The summed E-state index contributed by atoms with van der Waals surface area (Å²) in [7, 11) is 1.34. The van der Waals surface area contributed by atoms with Crippen molar-refractivity contribution in [1.82, 2.24) is 0 Å². The maximum Gasteiger partial charge on any atom is 0.229 e. The van der Waals surface area contributed by atoms with Crippen molar-refractivity contribution in [3.8, 4) is 17.2 Å². The fourth-order valence-electron chi connectivity index (χ4n) is 3.14. The van der Waals surface area contributed by atoms with Crippen LogP contribution in [0.2, 0.25) is 0 Å².